The third kappa shape index (κ3) is 3.86. The van der Waals surface area contributed by atoms with Gasteiger partial charge in [0, 0.05) is 0 Å². The Bertz CT molecular complexity index is 558. The highest BCUT2D eigenvalue weighted by molar-refractivity contribution is 5.92. The van der Waals surface area contributed by atoms with Crippen LogP contribution in [0.15, 0.2) is 48.7 Å². The number of hydrogen-bond donors (Lipinski definition) is 2. The Morgan fingerprint density at radius 1 is 1.25 bits per heavy atom. The van der Waals surface area contributed by atoms with E-state index in [4.69, 9.17) is 0 Å². The molecular formula is C15H15FN2O2. The molecule has 1 atom stereocenters. The number of carbonyl (C=O) groups excluding carboxylic acids is 1. The molecule has 5 heteroatoms. The van der Waals surface area contributed by atoms with Crippen molar-refractivity contribution in [3.63, 3.8) is 0 Å². The summed E-state index contributed by atoms with van der Waals surface area (Å²) < 4.78 is 12.7. The zero-order chi connectivity index (χ0) is 14.4. The molecule has 104 valence electrons. The van der Waals surface area contributed by atoms with Gasteiger partial charge < -0.3 is 10.4 Å². The Morgan fingerprint density at radius 2 is 2.00 bits per heavy atom. The molecule has 0 aliphatic carbocycles. The number of aliphatic hydroxyl groups is 1. The highest BCUT2D eigenvalue weighted by Crippen LogP contribution is 2.04. The van der Waals surface area contributed by atoms with Crippen molar-refractivity contribution in [3.05, 3.63) is 65.7 Å². The lowest BCUT2D eigenvalue weighted by Gasteiger charge is -2.16. The van der Waals surface area contributed by atoms with Crippen molar-refractivity contribution in [2.75, 3.05) is 6.61 Å². The fraction of sp³-hybridized carbons (Fsp3) is 0.200. The number of rotatable bonds is 5. The second-order valence-corrected chi connectivity index (χ2v) is 4.40. The number of benzene rings is 1. The summed E-state index contributed by atoms with van der Waals surface area (Å²) >= 11 is 0. The van der Waals surface area contributed by atoms with Crippen molar-refractivity contribution >= 4 is 5.91 Å². The molecule has 0 bridgehead atoms. The SMILES string of the molecule is O=C(N[C@H](CO)Cc1ccccc1)c1ccc(F)cn1. The molecule has 1 aromatic heterocycles. The Labute approximate surface area is 116 Å². The van der Waals surface area contributed by atoms with Crippen LogP contribution in [0.3, 0.4) is 0 Å². The summed E-state index contributed by atoms with van der Waals surface area (Å²) in [5.74, 6) is -0.926. The minimum atomic E-state index is -0.496. The van der Waals surface area contributed by atoms with Crippen LogP contribution in [0.5, 0.6) is 0 Å². The van der Waals surface area contributed by atoms with Gasteiger partial charge in [-0.15, -0.1) is 0 Å². The summed E-state index contributed by atoms with van der Waals surface area (Å²) in [7, 11) is 0. The largest absolute Gasteiger partial charge is 0.394 e. The van der Waals surface area contributed by atoms with E-state index in [1.54, 1.807) is 0 Å². The first-order chi connectivity index (χ1) is 9.69. The van der Waals surface area contributed by atoms with E-state index in [-0.39, 0.29) is 12.3 Å². The lowest BCUT2D eigenvalue weighted by molar-refractivity contribution is 0.0911. The monoisotopic (exact) mass is 274 g/mol. The maximum absolute atomic E-state index is 12.7. The third-order valence-corrected chi connectivity index (χ3v) is 2.84. The van der Waals surface area contributed by atoms with Gasteiger partial charge in [-0.05, 0) is 24.1 Å². The predicted octanol–water partition coefficient (Wildman–Crippen LogP) is 1.55. The van der Waals surface area contributed by atoms with Crippen LogP contribution in [0.4, 0.5) is 4.39 Å². The van der Waals surface area contributed by atoms with Crippen LogP contribution < -0.4 is 5.32 Å². The van der Waals surface area contributed by atoms with Crippen molar-refractivity contribution in [2.24, 2.45) is 0 Å². The van der Waals surface area contributed by atoms with E-state index in [9.17, 15) is 14.3 Å². The predicted molar refractivity (Wildman–Crippen MR) is 72.7 cm³/mol. The van der Waals surface area contributed by atoms with Crippen molar-refractivity contribution in [2.45, 2.75) is 12.5 Å². The van der Waals surface area contributed by atoms with Crippen LogP contribution >= 0.6 is 0 Å². The molecule has 0 aliphatic heterocycles. The summed E-state index contributed by atoms with van der Waals surface area (Å²) in [6.07, 6.45) is 1.50. The molecule has 4 nitrogen and oxygen atoms in total. The van der Waals surface area contributed by atoms with Crippen LogP contribution in [0.2, 0.25) is 0 Å². The average molecular weight is 274 g/mol. The Morgan fingerprint density at radius 3 is 2.60 bits per heavy atom. The quantitative estimate of drug-likeness (QED) is 0.869. The molecule has 2 N–H and O–H groups in total. The first-order valence-corrected chi connectivity index (χ1v) is 6.26. The molecule has 0 aliphatic rings. The second kappa shape index (κ2) is 6.77. The van der Waals surface area contributed by atoms with Gasteiger partial charge in [0.05, 0.1) is 18.8 Å². The van der Waals surface area contributed by atoms with Crippen molar-refractivity contribution in [1.29, 1.82) is 0 Å². The molecular weight excluding hydrogens is 259 g/mol. The summed E-state index contributed by atoms with van der Waals surface area (Å²) in [6.45, 7) is -0.179. The van der Waals surface area contributed by atoms with Gasteiger partial charge in [-0.2, -0.15) is 0 Å². The third-order valence-electron chi connectivity index (χ3n) is 2.84. The number of carbonyl (C=O) groups is 1. The van der Waals surface area contributed by atoms with Gasteiger partial charge in [-0.1, -0.05) is 30.3 Å². The van der Waals surface area contributed by atoms with E-state index in [1.807, 2.05) is 30.3 Å². The van der Waals surface area contributed by atoms with Gasteiger partial charge in [-0.3, -0.25) is 4.79 Å². The normalized spacial score (nSPS) is 11.9. The zero-order valence-corrected chi connectivity index (χ0v) is 10.8. The molecule has 20 heavy (non-hydrogen) atoms. The van der Waals surface area contributed by atoms with Gasteiger partial charge in [0.1, 0.15) is 11.5 Å². The van der Waals surface area contributed by atoms with E-state index in [1.165, 1.54) is 12.1 Å². The molecule has 1 heterocycles. The maximum atomic E-state index is 12.7. The molecule has 1 aromatic carbocycles. The van der Waals surface area contributed by atoms with Crippen molar-refractivity contribution in [1.82, 2.24) is 10.3 Å². The summed E-state index contributed by atoms with van der Waals surface area (Å²) in [4.78, 5) is 15.6. The fourth-order valence-corrected chi connectivity index (χ4v) is 1.83. The first kappa shape index (κ1) is 14.1. The maximum Gasteiger partial charge on any atom is 0.270 e. The van der Waals surface area contributed by atoms with Crippen molar-refractivity contribution < 1.29 is 14.3 Å². The molecule has 0 saturated carbocycles. The molecule has 0 radical (unpaired) electrons. The van der Waals surface area contributed by atoms with E-state index in [0.717, 1.165) is 11.8 Å². The summed E-state index contributed by atoms with van der Waals surface area (Å²) in [6, 6.07) is 11.6. The Kier molecular flexibility index (Phi) is 4.79. The number of hydrogen-bond acceptors (Lipinski definition) is 3. The zero-order valence-electron chi connectivity index (χ0n) is 10.8. The number of aromatic nitrogens is 1. The molecule has 0 spiro atoms. The van der Waals surface area contributed by atoms with Gasteiger partial charge >= 0.3 is 0 Å². The van der Waals surface area contributed by atoms with Gasteiger partial charge in [0.15, 0.2) is 0 Å². The number of aliphatic hydroxyl groups excluding tert-OH is 1. The fourth-order valence-electron chi connectivity index (χ4n) is 1.83. The number of pyridine rings is 1. The smallest absolute Gasteiger partial charge is 0.270 e. The van der Waals surface area contributed by atoms with Crippen LogP contribution in [-0.2, 0) is 6.42 Å². The highest BCUT2D eigenvalue weighted by Gasteiger charge is 2.14. The summed E-state index contributed by atoms with van der Waals surface area (Å²) in [5, 5.41) is 12.0. The van der Waals surface area contributed by atoms with Crippen LogP contribution in [-0.4, -0.2) is 28.6 Å². The van der Waals surface area contributed by atoms with E-state index in [0.29, 0.717) is 6.42 Å². The van der Waals surface area contributed by atoms with E-state index in [2.05, 4.69) is 10.3 Å². The number of nitrogens with zero attached hydrogens (tertiary/aromatic N) is 1. The van der Waals surface area contributed by atoms with Crippen molar-refractivity contribution in [3.8, 4) is 0 Å². The topological polar surface area (TPSA) is 62.2 Å². The average Bonchev–Trinajstić information content (AvgIpc) is 2.48. The molecule has 1 amide bonds. The molecule has 0 fully saturated rings. The standard InChI is InChI=1S/C15H15FN2O2/c16-12-6-7-14(17-9-12)15(20)18-13(10-19)8-11-4-2-1-3-5-11/h1-7,9,13,19H,8,10H2,(H,18,20)/t13-/m0/s1. The number of halogens is 1. The van der Waals surface area contributed by atoms with E-state index < -0.39 is 17.8 Å². The minimum Gasteiger partial charge on any atom is -0.394 e. The van der Waals surface area contributed by atoms with Crippen LogP contribution in [0.25, 0.3) is 0 Å². The van der Waals surface area contributed by atoms with E-state index >= 15 is 0 Å². The molecule has 0 saturated heterocycles. The first-order valence-electron chi connectivity index (χ1n) is 6.26. The van der Waals surface area contributed by atoms with Gasteiger partial charge in [0.2, 0.25) is 0 Å². The minimum absolute atomic E-state index is 0.123. The second-order valence-electron chi connectivity index (χ2n) is 4.40. The Balaban J connectivity index is 1.99. The summed E-state index contributed by atoms with van der Waals surface area (Å²) in [5.41, 5.74) is 1.14. The Hall–Kier alpha value is -2.27. The van der Waals surface area contributed by atoms with Crippen LogP contribution in [0.1, 0.15) is 16.1 Å². The molecule has 2 rings (SSSR count). The molecule has 0 unspecified atom stereocenters. The molecule has 2 aromatic rings. The van der Waals surface area contributed by atoms with Gasteiger partial charge in [0.25, 0.3) is 5.91 Å². The number of amides is 1. The lowest BCUT2D eigenvalue weighted by atomic mass is 10.1. The highest BCUT2D eigenvalue weighted by atomic mass is 19.1. The number of nitrogens with one attached hydrogen (secondary N) is 1. The lowest BCUT2D eigenvalue weighted by Crippen LogP contribution is -2.39. The van der Waals surface area contributed by atoms with Crippen LogP contribution in [0, 0.1) is 5.82 Å². The van der Waals surface area contributed by atoms with Gasteiger partial charge in [-0.25, -0.2) is 9.37 Å².